The van der Waals surface area contributed by atoms with Crippen LogP contribution in [-0.2, 0) is 16.1 Å². The van der Waals surface area contributed by atoms with Crippen LogP contribution in [0.15, 0.2) is 41.4 Å². The van der Waals surface area contributed by atoms with Crippen LogP contribution in [0.5, 0.6) is 11.5 Å². The summed E-state index contributed by atoms with van der Waals surface area (Å²) in [6, 6.07) is 11.6. The summed E-state index contributed by atoms with van der Waals surface area (Å²) in [5, 5.41) is 2.67. The zero-order valence-corrected chi connectivity index (χ0v) is 17.9. The Morgan fingerprint density at radius 2 is 1.93 bits per heavy atom. The van der Waals surface area contributed by atoms with Gasteiger partial charge < -0.3 is 14.8 Å². The van der Waals surface area contributed by atoms with Crippen molar-refractivity contribution in [1.82, 2.24) is 10.2 Å². The normalized spacial score (nSPS) is 18.9. The van der Waals surface area contributed by atoms with Crippen molar-refractivity contribution >= 4 is 34.4 Å². The summed E-state index contributed by atoms with van der Waals surface area (Å²) in [5.74, 6) is 1.01. The van der Waals surface area contributed by atoms with E-state index >= 15 is 0 Å². The third-order valence-corrected chi connectivity index (χ3v) is 6.30. The van der Waals surface area contributed by atoms with Crippen molar-refractivity contribution in [3.63, 3.8) is 0 Å². The van der Waals surface area contributed by atoms with Gasteiger partial charge in [-0.15, -0.1) is 0 Å². The number of carbonyl (C=O) groups excluding carboxylic acids is 2. The van der Waals surface area contributed by atoms with Crippen LogP contribution in [-0.4, -0.2) is 41.0 Å². The minimum absolute atomic E-state index is 0.106. The lowest BCUT2D eigenvalue weighted by Gasteiger charge is -2.18. The van der Waals surface area contributed by atoms with Gasteiger partial charge in [-0.25, -0.2) is 4.99 Å². The molecular weight excluding hydrogens is 402 g/mol. The highest BCUT2D eigenvalue weighted by atomic mass is 32.2. The van der Waals surface area contributed by atoms with Crippen LogP contribution in [0.2, 0.25) is 0 Å². The van der Waals surface area contributed by atoms with Gasteiger partial charge in [0.1, 0.15) is 5.25 Å². The van der Waals surface area contributed by atoms with Gasteiger partial charge in [0.15, 0.2) is 16.7 Å². The van der Waals surface area contributed by atoms with Gasteiger partial charge in [-0.1, -0.05) is 42.1 Å². The molecule has 1 unspecified atom stereocenters. The molecule has 0 bridgehead atoms. The Balaban J connectivity index is 1.71. The van der Waals surface area contributed by atoms with Crippen molar-refractivity contribution in [2.45, 2.75) is 32.1 Å². The van der Waals surface area contributed by atoms with E-state index in [2.05, 4.69) is 5.32 Å². The minimum atomic E-state index is -0.512. The van der Waals surface area contributed by atoms with Crippen molar-refractivity contribution in [1.29, 1.82) is 0 Å². The first kappa shape index (κ1) is 20.3. The lowest BCUT2D eigenvalue weighted by Crippen LogP contribution is -2.33. The molecule has 0 aromatic heterocycles. The van der Waals surface area contributed by atoms with E-state index in [-0.39, 0.29) is 25.0 Å². The quantitative estimate of drug-likeness (QED) is 0.795. The van der Waals surface area contributed by atoms with Crippen LogP contribution < -0.4 is 14.8 Å². The number of amides is 2. The molecule has 2 aromatic carbocycles. The van der Waals surface area contributed by atoms with Crippen molar-refractivity contribution in [3.8, 4) is 11.5 Å². The summed E-state index contributed by atoms with van der Waals surface area (Å²) in [6.45, 7) is 4.45. The highest BCUT2D eigenvalue weighted by molar-refractivity contribution is 8.15. The number of carbonyl (C=O) groups is 2. The zero-order chi connectivity index (χ0) is 21.3. The molecule has 2 heterocycles. The summed E-state index contributed by atoms with van der Waals surface area (Å²) in [5.41, 5.74) is 3.75. The fourth-order valence-corrected chi connectivity index (χ4v) is 4.65. The molecule has 4 rings (SSSR count). The van der Waals surface area contributed by atoms with E-state index in [0.29, 0.717) is 23.2 Å². The largest absolute Gasteiger partial charge is 0.454 e. The van der Waals surface area contributed by atoms with E-state index in [1.54, 1.807) is 11.9 Å². The second kappa shape index (κ2) is 8.39. The molecular formula is C22H23N3O4S. The van der Waals surface area contributed by atoms with Crippen LogP contribution in [0.4, 0.5) is 5.69 Å². The second-order valence-corrected chi connectivity index (χ2v) is 8.36. The molecule has 156 valence electrons. The van der Waals surface area contributed by atoms with E-state index in [0.717, 1.165) is 22.4 Å². The maximum Gasteiger partial charge on any atom is 0.242 e. The number of benzene rings is 2. The van der Waals surface area contributed by atoms with Gasteiger partial charge in [-0.3, -0.25) is 14.5 Å². The molecule has 30 heavy (non-hydrogen) atoms. The van der Waals surface area contributed by atoms with Crippen molar-refractivity contribution < 1.29 is 19.1 Å². The van der Waals surface area contributed by atoms with Gasteiger partial charge in [0.2, 0.25) is 18.6 Å². The molecule has 2 aliphatic heterocycles. The molecule has 8 heteroatoms. The van der Waals surface area contributed by atoms with Crippen molar-refractivity contribution in [2.75, 3.05) is 13.8 Å². The summed E-state index contributed by atoms with van der Waals surface area (Å²) >= 11 is 1.33. The van der Waals surface area contributed by atoms with E-state index in [1.165, 1.54) is 11.8 Å². The average Bonchev–Trinajstić information content (AvgIpc) is 3.32. The molecule has 0 aliphatic carbocycles. The number of aliphatic imine (C=N–C) groups is 1. The van der Waals surface area contributed by atoms with Gasteiger partial charge in [0, 0.05) is 19.0 Å². The minimum Gasteiger partial charge on any atom is -0.454 e. The number of hydrogen-bond acceptors (Lipinski definition) is 6. The Bertz CT molecular complexity index is 1020. The first-order valence-electron chi connectivity index (χ1n) is 9.69. The molecule has 2 aliphatic rings. The van der Waals surface area contributed by atoms with Gasteiger partial charge in [-0.2, -0.15) is 0 Å². The van der Waals surface area contributed by atoms with Crippen LogP contribution in [0, 0.1) is 13.8 Å². The number of nitrogens with one attached hydrogen (secondary N) is 1. The molecule has 1 saturated heterocycles. The standard InChI is InChI=1S/C22H23N3O4S/c1-13-6-4-7-14(2)19(13)24-22-25(21(27)17(30-22)10-18(26)23-3)11-15-8-5-9-16-20(15)29-12-28-16/h4-9,17H,10-12H2,1-3H3,(H,23,26). The maximum atomic E-state index is 13.2. The van der Waals surface area contributed by atoms with Crippen LogP contribution in [0.1, 0.15) is 23.1 Å². The molecule has 0 radical (unpaired) electrons. The van der Waals surface area contributed by atoms with E-state index in [4.69, 9.17) is 14.5 Å². The Kier molecular flexibility index (Phi) is 5.67. The smallest absolute Gasteiger partial charge is 0.242 e. The summed E-state index contributed by atoms with van der Waals surface area (Å²) in [6.07, 6.45) is 0.106. The first-order chi connectivity index (χ1) is 14.5. The molecule has 1 N–H and O–H groups in total. The van der Waals surface area contributed by atoms with Crippen LogP contribution in [0.25, 0.3) is 0 Å². The average molecular weight is 426 g/mol. The topological polar surface area (TPSA) is 80.2 Å². The second-order valence-electron chi connectivity index (χ2n) is 7.19. The number of rotatable bonds is 5. The zero-order valence-electron chi connectivity index (χ0n) is 17.1. The lowest BCUT2D eigenvalue weighted by atomic mass is 10.1. The summed E-state index contributed by atoms with van der Waals surface area (Å²) in [4.78, 5) is 31.6. The Hall–Kier alpha value is -3.00. The summed E-state index contributed by atoms with van der Waals surface area (Å²) < 4.78 is 11.1. The predicted octanol–water partition coefficient (Wildman–Crippen LogP) is 3.30. The number of aryl methyl sites for hydroxylation is 2. The maximum absolute atomic E-state index is 13.2. The SMILES string of the molecule is CNC(=O)CC1SC(=Nc2c(C)cccc2C)N(Cc2cccc3c2OCO3)C1=O. The molecule has 1 atom stereocenters. The fourth-order valence-electron chi connectivity index (χ4n) is 3.50. The van der Waals surface area contributed by atoms with Crippen LogP contribution in [0.3, 0.4) is 0 Å². The highest BCUT2D eigenvalue weighted by Gasteiger charge is 2.40. The number of thioether (sulfide) groups is 1. The van der Waals surface area contributed by atoms with Crippen molar-refractivity contribution in [2.24, 2.45) is 4.99 Å². The number of fused-ring (bicyclic) bond motifs is 1. The highest BCUT2D eigenvalue weighted by Crippen LogP contribution is 2.39. The third-order valence-electron chi connectivity index (χ3n) is 5.12. The number of para-hydroxylation sites is 2. The number of ether oxygens (including phenoxy) is 2. The first-order valence-corrected chi connectivity index (χ1v) is 10.6. The Morgan fingerprint density at radius 1 is 1.20 bits per heavy atom. The van der Waals surface area contributed by atoms with Gasteiger partial charge in [0.05, 0.1) is 12.2 Å². The molecule has 2 amide bonds. The van der Waals surface area contributed by atoms with Crippen LogP contribution >= 0.6 is 11.8 Å². The van der Waals surface area contributed by atoms with E-state index in [1.807, 2.05) is 50.2 Å². The molecule has 7 nitrogen and oxygen atoms in total. The van der Waals surface area contributed by atoms with Crippen molar-refractivity contribution in [3.05, 3.63) is 53.1 Å². The molecule has 2 aromatic rings. The Labute approximate surface area is 179 Å². The van der Waals surface area contributed by atoms with Gasteiger partial charge in [0.25, 0.3) is 0 Å². The monoisotopic (exact) mass is 425 g/mol. The summed E-state index contributed by atoms with van der Waals surface area (Å²) in [7, 11) is 1.57. The molecule has 0 spiro atoms. The van der Waals surface area contributed by atoms with E-state index in [9.17, 15) is 9.59 Å². The molecule has 0 saturated carbocycles. The van der Waals surface area contributed by atoms with Gasteiger partial charge >= 0.3 is 0 Å². The van der Waals surface area contributed by atoms with Gasteiger partial charge in [-0.05, 0) is 31.0 Å². The number of nitrogens with zero attached hydrogens (tertiary/aromatic N) is 2. The molecule has 1 fully saturated rings. The Morgan fingerprint density at radius 3 is 2.67 bits per heavy atom. The third kappa shape index (κ3) is 3.87. The fraction of sp³-hybridized carbons (Fsp3) is 0.318. The number of hydrogen-bond donors (Lipinski definition) is 1. The van der Waals surface area contributed by atoms with E-state index < -0.39 is 5.25 Å². The predicted molar refractivity (Wildman–Crippen MR) is 116 cm³/mol. The number of amidine groups is 1. The lowest BCUT2D eigenvalue weighted by molar-refractivity contribution is -0.129.